The fourth-order valence-electron chi connectivity index (χ4n) is 2.04. The average molecular weight is 299 g/mol. The lowest BCUT2D eigenvalue weighted by Crippen LogP contribution is -2.32. The number of sulfonamides is 1. The number of anilines is 1. The molecule has 0 saturated carbocycles. The Hall–Kier alpha value is -1.11. The van der Waals surface area contributed by atoms with E-state index in [9.17, 15) is 8.42 Å². The highest BCUT2D eigenvalue weighted by atomic mass is 32.2. The van der Waals surface area contributed by atoms with Crippen LogP contribution in [-0.2, 0) is 10.0 Å². The van der Waals surface area contributed by atoms with Gasteiger partial charge in [0.05, 0.1) is 4.90 Å². The van der Waals surface area contributed by atoms with Crippen molar-refractivity contribution in [1.82, 2.24) is 4.72 Å². The molecule has 5 nitrogen and oxygen atoms in total. The molecule has 1 aromatic rings. The van der Waals surface area contributed by atoms with Gasteiger partial charge in [-0.25, -0.2) is 13.1 Å². The van der Waals surface area contributed by atoms with Crippen LogP contribution < -0.4 is 15.4 Å². The van der Waals surface area contributed by atoms with Gasteiger partial charge < -0.3 is 10.6 Å². The number of hydrogen-bond donors (Lipinski definition) is 2. The summed E-state index contributed by atoms with van der Waals surface area (Å²) in [6, 6.07) is 7.33. The summed E-state index contributed by atoms with van der Waals surface area (Å²) < 4.78 is 26.2. The predicted octanol–water partition coefficient (Wildman–Crippen LogP) is 1.55. The van der Waals surface area contributed by atoms with E-state index < -0.39 is 10.0 Å². The Balaban J connectivity index is 2.94. The van der Waals surface area contributed by atoms with Gasteiger partial charge in [0, 0.05) is 24.8 Å². The van der Waals surface area contributed by atoms with Gasteiger partial charge in [0.1, 0.15) is 0 Å². The van der Waals surface area contributed by atoms with E-state index in [4.69, 9.17) is 5.73 Å². The molecule has 0 heterocycles. The molecule has 0 aliphatic heterocycles. The average Bonchev–Trinajstić information content (AvgIpc) is 2.39. The van der Waals surface area contributed by atoms with Crippen LogP contribution in [0.1, 0.15) is 27.2 Å². The summed E-state index contributed by atoms with van der Waals surface area (Å²) in [5, 5.41) is 0. The van der Waals surface area contributed by atoms with Crippen molar-refractivity contribution in [3.05, 3.63) is 24.3 Å². The van der Waals surface area contributed by atoms with E-state index >= 15 is 0 Å². The van der Waals surface area contributed by atoms with Gasteiger partial charge >= 0.3 is 0 Å². The van der Waals surface area contributed by atoms with E-state index in [0.29, 0.717) is 24.0 Å². The van der Waals surface area contributed by atoms with Crippen LogP contribution in [0, 0.1) is 0 Å². The summed E-state index contributed by atoms with van der Waals surface area (Å²) in [7, 11) is -3.38. The second-order valence-corrected chi connectivity index (χ2v) is 6.69. The van der Waals surface area contributed by atoms with Crippen LogP contribution in [0.4, 0.5) is 5.69 Å². The molecule has 1 rings (SSSR count). The summed E-state index contributed by atoms with van der Waals surface area (Å²) in [5.74, 6) is 0. The number of benzene rings is 1. The molecule has 6 heteroatoms. The minimum atomic E-state index is -3.38. The fraction of sp³-hybridized carbons (Fsp3) is 0.571. The quantitative estimate of drug-likeness (QED) is 0.763. The van der Waals surface area contributed by atoms with Crippen LogP contribution in [0.15, 0.2) is 29.2 Å². The zero-order valence-corrected chi connectivity index (χ0v) is 13.3. The Morgan fingerprint density at radius 3 is 2.30 bits per heavy atom. The molecule has 3 N–H and O–H groups in total. The largest absolute Gasteiger partial charge is 0.369 e. The first-order valence-corrected chi connectivity index (χ1v) is 8.47. The molecule has 0 bridgehead atoms. The van der Waals surface area contributed by atoms with Crippen LogP contribution in [0.5, 0.6) is 0 Å². The number of nitrogens with two attached hydrogens (primary N) is 1. The van der Waals surface area contributed by atoms with E-state index in [1.807, 2.05) is 12.1 Å². The predicted molar refractivity (Wildman–Crippen MR) is 83.5 cm³/mol. The molecule has 20 heavy (non-hydrogen) atoms. The van der Waals surface area contributed by atoms with E-state index in [2.05, 4.69) is 23.5 Å². The normalized spacial score (nSPS) is 11.8. The maximum absolute atomic E-state index is 11.9. The first kappa shape index (κ1) is 16.9. The molecule has 0 amide bonds. The van der Waals surface area contributed by atoms with Crippen molar-refractivity contribution < 1.29 is 8.42 Å². The highest BCUT2D eigenvalue weighted by Crippen LogP contribution is 2.20. The Labute approximate surface area is 122 Å². The van der Waals surface area contributed by atoms with Gasteiger partial charge in [0.15, 0.2) is 0 Å². The second-order valence-electron chi connectivity index (χ2n) is 4.92. The number of nitrogens with zero attached hydrogens (tertiary/aromatic N) is 1. The number of rotatable bonds is 8. The molecular weight excluding hydrogens is 274 g/mol. The lowest BCUT2D eigenvalue weighted by Gasteiger charge is -2.29. The Bertz CT molecular complexity index is 498. The minimum Gasteiger partial charge on any atom is -0.369 e. The Morgan fingerprint density at radius 2 is 1.85 bits per heavy atom. The van der Waals surface area contributed by atoms with E-state index in [1.165, 1.54) is 0 Å². The van der Waals surface area contributed by atoms with Crippen molar-refractivity contribution in [2.45, 2.75) is 38.1 Å². The molecule has 0 aliphatic carbocycles. The monoisotopic (exact) mass is 299 g/mol. The topological polar surface area (TPSA) is 75.4 Å². The lowest BCUT2D eigenvalue weighted by atomic mass is 10.2. The van der Waals surface area contributed by atoms with Crippen LogP contribution in [-0.4, -0.2) is 34.1 Å². The van der Waals surface area contributed by atoms with Gasteiger partial charge in [0.25, 0.3) is 0 Å². The maximum Gasteiger partial charge on any atom is 0.240 e. The van der Waals surface area contributed by atoms with Gasteiger partial charge in [-0.15, -0.1) is 0 Å². The molecule has 114 valence electrons. The molecule has 1 aromatic carbocycles. The molecule has 0 saturated heterocycles. The van der Waals surface area contributed by atoms with Gasteiger partial charge in [-0.1, -0.05) is 6.92 Å². The summed E-state index contributed by atoms with van der Waals surface area (Å²) in [4.78, 5) is 2.52. The van der Waals surface area contributed by atoms with Crippen LogP contribution in [0.25, 0.3) is 0 Å². The Kier molecular flexibility index (Phi) is 6.45. The first-order chi connectivity index (χ1) is 9.42. The third-order valence-electron chi connectivity index (χ3n) is 3.04. The van der Waals surface area contributed by atoms with Gasteiger partial charge in [-0.05, 0) is 51.1 Å². The molecule has 0 radical (unpaired) electrons. The minimum absolute atomic E-state index is 0.297. The van der Waals surface area contributed by atoms with Gasteiger partial charge in [-0.2, -0.15) is 0 Å². The Morgan fingerprint density at radius 1 is 1.25 bits per heavy atom. The summed E-state index contributed by atoms with van der Waals surface area (Å²) >= 11 is 0. The molecule has 0 aliphatic rings. The highest BCUT2D eigenvalue weighted by molar-refractivity contribution is 7.89. The SMILES string of the molecule is CCNS(=O)(=O)c1ccc(N(CCCN)C(C)C)cc1. The van der Waals surface area contributed by atoms with Crippen molar-refractivity contribution in [2.24, 2.45) is 5.73 Å². The zero-order chi connectivity index (χ0) is 15.2. The number of hydrogen-bond acceptors (Lipinski definition) is 4. The molecule has 0 atom stereocenters. The van der Waals surface area contributed by atoms with Crippen molar-refractivity contribution in [3.8, 4) is 0 Å². The molecule has 0 fully saturated rings. The van der Waals surface area contributed by atoms with E-state index in [-0.39, 0.29) is 0 Å². The molecule has 0 aromatic heterocycles. The summed E-state index contributed by atoms with van der Waals surface area (Å²) in [6.45, 7) is 7.89. The molecule has 0 spiro atoms. The van der Waals surface area contributed by atoms with Crippen LogP contribution in [0.3, 0.4) is 0 Å². The maximum atomic E-state index is 11.9. The summed E-state index contributed by atoms with van der Waals surface area (Å²) in [6.07, 6.45) is 0.912. The van der Waals surface area contributed by atoms with Crippen molar-refractivity contribution in [2.75, 3.05) is 24.5 Å². The second kappa shape index (κ2) is 7.61. The first-order valence-electron chi connectivity index (χ1n) is 6.98. The summed E-state index contributed by atoms with van der Waals surface area (Å²) in [5.41, 5.74) is 6.57. The van der Waals surface area contributed by atoms with E-state index in [0.717, 1.165) is 18.7 Å². The van der Waals surface area contributed by atoms with E-state index in [1.54, 1.807) is 19.1 Å². The van der Waals surface area contributed by atoms with Crippen LogP contribution in [0.2, 0.25) is 0 Å². The number of nitrogens with one attached hydrogen (secondary N) is 1. The smallest absolute Gasteiger partial charge is 0.240 e. The third-order valence-corrected chi connectivity index (χ3v) is 4.60. The molecule has 0 unspecified atom stereocenters. The standard InChI is InChI=1S/C14H25N3O2S/c1-4-16-20(18,19)14-8-6-13(7-9-14)17(12(2)3)11-5-10-15/h6-9,12,16H,4-5,10-11,15H2,1-3H3. The van der Waals surface area contributed by atoms with Crippen molar-refractivity contribution in [3.63, 3.8) is 0 Å². The van der Waals surface area contributed by atoms with Gasteiger partial charge in [0.2, 0.25) is 10.0 Å². The fourth-order valence-corrected chi connectivity index (χ4v) is 3.08. The third kappa shape index (κ3) is 4.47. The van der Waals surface area contributed by atoms with Crippen molar-refractivity contribution >= 4 is 15.7 Å². The lowest BCUT2D eigenvalue weighted by molar-refractivity contribution is 0.584. The van der Waals surface area contributed by atoms with Crippen molar-refractivity contribution in [1.29, 1.82) is 0 Å². The zero-order valence-electron chi connectivity index (χ0n) is 12.5. The highest BCUT2D eigenvalue weighted by Gasteiger charge is 2.14. The molecular formula is C14H25N3O2S. The van der Waals surface area contributed by atoms with Crippen LogP contribution >= 0.6 is 0 Å². The van der Waals surface area contributed by atoms with Gasteiger partial charge in [-0.3, -0.25) is 0 Å².